The predicted octanol–water partition coefficient (Wildman–Crippen LogP) is 4.57. The highest BCUT2D eigenvalue weighted by Gasteiger charge is 2.13. The highest BCUT2D eigenvalue weighted by Crippen LogP contribution is 2.22. The van der Waals surface area contributed by atoms with Crippen molar-refractivity contribution in [3.05, 3.63) is 70.2 Å². The molecule has 2 aromatic rings. The molecule has 0 aliphatic carbocycles. The molecule has 4 heteroatoms. The molecule has 0 heterocycles. The third-order valence-electron chi connectivity index (χ3n) is 3.09. The van der Waals surface area contributed by atoms with Crippen molar-refractivity contribution in [1.82, 2.24) is 5.32 Å². The lowest BCUT2D eigenvalue weighted by Gasteiger charge is -2.15. The van der Waals surface area contributed by atoms with Crippen molar-refractivity contribution in [2.24, 2.45) is 0 Å². The number of carbonyl (C=O) groups is 1. The van der Waals surface area contributed by atoms with Crippen molar-refractivity contribution in [3.8, 4) is 0 Å². The molecule has 1 atom stereocenters. The first-order valence-electron chi connectivity index (χ1n) is 6.32. The number of benzene rings is 2. The number of nitrogens with one attached hydrogen (secondary N) is 1. The highest BCUT2D eigenvalue weighted by molar-refractivity contribution is 6.31. The van der Waals surface area contributed by atoms with Crippen LogP contribution in [-0.4, -0.2) is 5.91 Å². The van der Waals surface area contributed by atoms with Gasteiger partial charge < -0.3 is 5.32 Å². The Kier molecular flexibility index (Phi) is 5.05. The molecule has 0 spiro atoms. The van der Waals surface area contributed by atoms with Gasteiger partial charge in [0.05, 0.1) is 6.04 Å². The Labute approximate surface area is 128 Å². The molecule has 104 valence electrons. The maximum absolute atomic E-state index is 12.2. The number of hydrogen-bond acceptors (Lipinski definition) is 1. The van der Waals surface area contributed by atoms with Crippen LogP contribution in [0.25, 0.3) is 0 Å². The summed E-state index contributed by atoms with van der Waals surface area (Å²) in [6.45, 7) is 1.91. The van der Waals surface area contributed by atoms with Crippen LogP contribution in [0.5, 0.6) is 0 Å². The summed E-state index contributed by atoms with van der Waals surface area (Å²) in [5, 5.41) is 3.59. The van der Waals surface area contributed by atoms with E-state index in [2.05, 4.69) is 5.32 Å². The monoisotopic (exact) mass is 307 g/mol. The first-order valence-corrected chi connectivity index (χ1v) is 7.23. The predicted molar refractivity (Wildman–Crippen MR) is 83.3 cm³/mol. The van der Waals surface area contributed by atoms with E-state index < -0.39 is 0 Å². The fraction of sp³-hybridized carbons (Fsp3) is 0.188. The van der Waals surface area contributed by atoms with Crippen LogP contribution in [0.2, 0.25) is 5.02 Å². The van der Waals surface area contributed by atoms with E-state index in [1.807, 2.05) is 43.3 Å². The lowest BCUT2D eigenvalue weighted by molar-refractivity contribution is 0.0940. The zero-order valence-corrected chi connectivity index (χ0v) is 12.6. The smallest absolute Gasteiger partial charge is 0.251 e. The number of alkyl halides is 1. The van der Waals surface area contributed by atoms with Crippen LogP contribution in [0.4, 0.5) is 0 Å². The molecule has 2 aromatic carbocycles. The zero-order valence-electron chi connectivity index (χ0n) is 11.1. The Bertz CT molecular complexity index is 596. The topological polar surface area (TPSA) is 29.1 Å². The number of halogens is 2. The fourth-order valence-electron chi connectivity index (χ4n) is 1.93. The molecule has 0 unspecified atom stereocenters. The van der Waals surface area contributed by atoms with Crippen LogP contribution in [0.3, 0.4) is 0 Å². The minimum Gasteiger partial charge on any atom is -0.345 e. The standard InChI is InChI=1S/C16H15Cl2NO/c1-11(14-4-2-3-5-15(14)18)19-16(20)13-8-6-12(10-17)7-9-13/h2-9,11H,10H2,1H3,(H,19,20)/t11-/m0/s1. The third-order valence-corrected chi connectivity index (χ3v) is 3.74. The normalized spacial score (nSPS) is 11.9. The van der Waals surface area contributed by atoms with E-state index in [4.69, 9.17) is 23.2 Å². The third kappa shape index (κ3) is 3.53. The quantitative estimate of drug-likeness (QED) is 0.824. The Morgan fingerprint density at radius 1 is 1.15 bits per heavy atom. The van der Waals surface area contributed by atoms with Gasteiger partial charge in [0.25, 0.3) is 5.91 Å². The van der Waals surface area contributed by atoms with Crippen molar-refractivity contribution in [1.29, 1.82) is 0 Å². The van der Waals surface area contributed by atoms with E-state index in [-0.39, 0.29) is 11.9 Å². The average molecular weight is 308 g/mol. The lowest BCUT2D eigenvalue weighted by atomic mass is 10.1. The molecule has 1 N–H and O–H groups in total. The van der Waals surface area contributed by atoms with E-state index in [1.54, 1.807) is 12.1 Å². The van der Waals surface area contributed by atoms with Gasteiger partial charge in [0.2, 0.25) is 0 Å². The molecule has 0 bridgehead atoms. The fourth-order valence-corrected chi connectivity index (χ4v) is 2.41. The van der Waals surface area contributed by atoms with Gasteiger partial charge in [0.1, 0.15) is 0 Å². The van der Waals surface area contributed by atoms with Crippen LogP contribution in [0, 0.1) is 0 Å². The van der Waals surface area contributed by atoms with Crippen molar-refractivity contribution in [3.63, 3.8) is 0 Å². The number of carbonyl (C=O) groups excluding carboxylic acids is 1. The largest absolute Gasteiger partial charge is 0.345 e. The van der Waals surface area contributed by atoms with E-state index in [0.29, 0.717) is 16.5 Å². The Morgan fingerprint density at radius 2 is 1.80 bits per heavy atom. The molecule has 2 nitrogen and oxygen atoms in total. The molecule has 0 radical (unpaired) electrons. The van der Waals surface area contributed by atoms with Crippen molar-refractivity contribution in [2.75, 3.05) is 0 Å². The van der Waals surface area contributed by atoms with Crippen molar-refractivity contribution >= 4 is 29.1 Å². The van der Waals surface area contributed by atoms with Gasteiger partial charge in [-0.3, -0.25) is 4.79 Å². The summed E-state index contributed by atoms with van der Waals surface area (Å²) in [5.41, 5.74) is 2.50. The molecule has 0 aromatic heterocycles. The van der Waals surface area contributed by atoms with Crippen LogP contribution in [0.15, 0.2) is 48.5 Å². The van der Waals surface area contributed by atoms with E-state index >= 15 is 0 Å². The van der Waals surface area contributed by atoms with Gasteiger partial charge in [0.15, 0.2) is 0 Å². The van der Waals surface area contributed by atoms with Gasteiger partial charge in [-0.05, 0) is 36.2 Å². The second-order valence-electron chi connectivity index (χ2n) is 4.55. The molecule has 20 heavy (non-hydrogen) atoms. The van der Waals surface area contributed by atoms with E-state index in [1.165, 1.54) is 0 Å². The van der Waals surface area contributed by atoms with Crippen LogP contribution in [-0.2, 0) is 5.88 Å². The van der Waals surface area contributed by atoms with E-state index in [9.17, 15) is 4.79 Å². The number of amides is 1. The molecule has 0 fully saturated rings. The molecule has 0 aliphatic heterocycles. The van der Waals surface area contributed by atoms with Gasteiger partial charge in [0, 0.05) is 16.5 Å². The maximum atomic E-state index is 12.2. The van der Waals surface area contributed by atoms with Crippen molar-refractivity contribution < 1.29 is 4.79 Å². The van der Waals surface area contributed by atoms with Gasteiger partial charge >= 0.3 is 0 Å². The summed E-state index contributed by atoms with van der Waals surface area (Å²) in [5.74, 6) is 0.316. The first kappa shape index (κ1) is 14.9. The summed E-state index contributed by atoms with van der Waals surface area (Å²) in [4.78, 5) is 12.2. The first-order chi connectivity index (χ1) is 9.61. The van der Waals surface area contributed by atoms with Gasteiger partial charge in [-0.25, -0.2) is 0 Å². The van der Waals surface area contributed by atoms with Gasteiger partial charge in [-0.15, -0.1) is 11.6 Å². The SMILES string of the molecule is C[C@H](NC(=O)c1ccc(CCl)cc1)c1ccccc1Cl. The minimum absolute atomic E-state index is 0.126. The molecule has 0 aliphatic rings. The molecule has 0 saturated heterocycles. The number of rotatable bonds is 4. The summed E-state index contributed by atoms with van der Waals surface area (Å²) in [7, 11) is 0. The maximum Gasteiger partial charge on any atom is 0.251 e. The van der Waals surface area contributed by atoms with Crippen LogP contribution in [0.1, 0.15) is 34.5 Å². The average Bonchev–Trinajstić information content (AvgIpc) is 2.47. The molecule has 2 rings (SSSR count). The second kappa shape index (κ2) is 6.78. The van der Waals surface area contributed by atoms with Gasteiger partial charge in [-0.1, -0.05) is 41.9 Å². The Hall–Kier alpha value is -1.51. The van der Waals surface area contributed by atoms with Gasteiger partial charge in [-0.2, -0.15) is 0 Å². The van der Waals surface area contributed by atoms with E-state index in [0.717, 1.165) is 11.1 Å². The minimum atomic E-state index is -0.149. The molecular weight excluding hydrogens is 293 g/mol. The molecular formula is C16H15Cl2NO. The van der Waals surface area contributed by atoms with Crippen LogP contribution < -0.4 is 5.32 Å². The Balaban J connectivity index is 2.09. The molecule has 0 saturated carbocycles. The summed E-state index contributed by atoms with van der Waals surface area (Å²) < 4.78 is 0. The Morgan fingerprint density at radius 3 is 2.40 bits per heavy atom. The summed E-state index contributed by atoms with van der Waals surface area (Å²) >= 11 is 11.8. The lowest BCUT2D eigenvalue weighted by Crippen LogP contribution is -2.26. The second-order valence-corrected chi connectivity index (χ2v) is 5.22. The summed E-state index contributed by atoms with van der Waals surface area (Å²) in [6.07, 6.45) is 0. The zero-order chi connectivity index (χ0) is 14.5. The highest BCUT2D eigenvalue weighted by atomic mass is 35.5. The number of hydrogen-bond donors (Lipinski definition) is 1. The summed E-state index contributed by atoms with van der Waals surface area (Å²) in [6, 6.07) is 14.6. The van der Waals surface area contributed by atoms with Crippen molar-refractivity contribution in [2.45, 2.75) is 18.8 Å². The van der Waals surface area contributed by atoms with Crippen LogP contribution >= 0.6 is 23.2 Å². The molecule has 1 amide bonds.